The standard InChI is InChI=1S/C12H11BrN4O2S2/c1-7-5-8(13)6-16-12(7)17-21(18,19)9-3-2-4-15-10(9)11(14)20/h2-6H,1H3,(H2,14,20)(H,16,17). The van der Waals surface area contributed by atoms with E-state index in [1.165, 1.54) is 24.5 Å². The van der Waals surface area contributed by atoms with E-state index in [0.717, 1.165) is 4.47 Å². The van der Waals surface area contributed by atoms with E-state index in [-0.39, 0.29) is 21.4 Å². The zero-order valence-corrected chi connectivity index (χ0v) is 14.1. The first-order valence-corrected chi connectivity index (χ1v) is 8.39. The topological polar surface area (TPSA) is 98.0 Å². The molecule has 3 N–H and O–H groups in total. The lowest BCUT2D eigenvalue weighted by molar-refractivity contribution is 0.600. The molecular formula is C12H11BrN4O2S2. The van der Waals surface area contributed by atoms with Gasteiger partial charge in [-0.1, -0.05) is 12.2 Å². The highest BCUT2D eigenvalue weighted by molar-refractivity contribution is 9.10. The van der Waals surface area contributed by atoms with Gasteiger partial charge >= 0.3 is 0 Å². The van der Waals surface area contributed by atoms with Crippen molar-refractivity contribution < 1.29 is 8.42 Å². The lowest BCUT2D eigenvalue weighted by atomic mass is 10.3. The van der Waals surface area contributed by atoms with Gasteiger partial charge in [0.05, 0.1) is 0 Å². The number of pyridine rings is 2. The third kappa shape index (κ3) is 3.55. The van der Waals surface area contributed by atoms with E-state index < -0.39 is 10.0 Å². The van der Waals surface area contributed by atoms with Gasteiger partial charge < -0.3 is 5.73 Å². The first kappa shape index (κ1) is 15.8. The van der Waals surface area contributed by atoms with Gasteiger partial charge in [0.1, 0.15) is 21.4 Å². The number of nitrogens with one attached hydrogen (secondary N) is 1. The molecule has 0 bridgehead atoms. The summed E-state index contributed by atoms with van der Waals surface area (Å²) in [5.74, 6) is 0.232. The number of aryl methyl sites for hydroxylation is 1. The summed E-state index contributed by atoms with van der Waals surface area (Å²) in [7, 11) is -3.88. The number of halogens is 1. The fourth-order valence-corrected chi connectivity index (χ4v) is 3.55. The molecule has 0 amide bonds. The molecule has 0 aliphatic heterocycles. The second-order valence-electron chi connectivity index (χ2n) is 4.14. The van der Waals surface area contributed by atoms with Gasteiger partial charge in [0.15, 0.2) is 0 Å². The molecule has 0 fully saturated rings. The second-order valence-corrected chi connectivity index (χ2v) is 7.15. The Balaban J connectivity index is 2.46. The molecule has 0 aliphatic rings. The second kappa shape index (κ2) is 6.04. The number of anilines is 1. The SMILES string of the molecule is Cc1cc(Br)cnc1NS(=O)(=O)c1cccnc1C(N)=S. The van der Waals surface area contributed by atoms with E-state index in [2.05, 4.69) is 30.6 Å². The maximum absolute atomic E-state index is 12.4. The monoisotopic (exact) mass is 386 g/mol. The van der Waals surface area contributed by atoms with Crippen LogP contribution in [0.5, 0.6) is 0 Å². The van der Waals surface area contributed by atoms with Gasteiger partial charge in [-0.15, -0.1) is 0 Å². The van der Waals surface area contributed by atoms with E-state index in [1.807, 2.05) is 0 Å². The Bertz CT molecular complexity index is 809. The highest BCUT2D eigenvalue weighted by Gasteiger charge is 2.21. The summed E-state index contributed by atoms with van der Waals surface area (Å²) in [5, 5.41) is 0. The van der Waals surface area contributed by atoms with Gasteiger partial charge in [-0.05, 0) is 46.6 Å². The molecule has 2 heterocycles. The van der Waals surface area contributed by atoms with E-state index in [9.17, 15) is 8.42 Å². The molecule has 0 saturated heterocycles. The Morgan fingerprint density at radius 1 is 1.43 bits per heavy atom. The van der Waals surface area contributed by atoms with Crippen LogP contribution in [0.3, 0.4) is 0 Å². The zero-order chi connectivity index (χ0) is 15.6. The van der Waals surface area contributed by atoms with Crippen LogP contribution < -0.4 is 10.5 Å². The lowest BCUT2D eigenvalue weighted by Gasteiger charge is -2.11. The van der Waals surface area contributed by atoms with Crippen LogP contribution in [0.2, 0.25) is 0 Å². The van der Waals surface area contributed by atoms with Crippen molar-refractivity contribution in [2.45, 2.75) is 11.8 Å². The summed E-state index contributed by atoms with van der Waals surface area (Å²) in [5.41, 5.74) is 6.23. The molecular weight excluding hydrogens is 376 g/mol. The van der Waals surface area contributed by atoms with Crippen molar-refractivity contribution in [1.82, 2.24) is 9.97 Å². The maximum Gasteiger partial charge on any atom is 0.265 e. The molecule has 0 atom stereocenters. The number of rotatable bonds is 4. The fraction of sp³-hybridized carbons (Fsp3) is 0.0833. The first-order valence-electron chi connectivity index (χ1n) is 5.71. The summed E-state index contributed by atoms with van der Waals surface area (Å²) in [6, 6.07) is 4.64. The largest absolute Gasteiger partial charge is 0.388 e. The Morgan fingerprint density at radius 2 is 2.14 bits per heavy atom. The normalized spacial score (nSPS) is 11.1. The Kier molecular flexibility index (Phi) is 4.55. The minimum Gasteiger partial charge on any atom is -0.388 e. The van der Waals surface area contributed by atoms with Gasteiger partial charge in [0.25, 0.3) is 10.0 Å². The highest BCUT2D eigenvalue weighted by atomic mass is 79.9. The zero-order valence-electron chi connectivity index (χ0n) is 10.9. The lowest BCUT2D eigenvalue weighted by Crippen LogP contribution is -2.21. The minimum atomic E-state index is -3.88. The van der Waals surface area contributed by atoms with Crippen LogP contribution in [-0.2, 0) is 10.0 Å². The average Bonchev–Trinajstić information content (AvgIpc) is 2.42. The van der Waals surface area contributed by atoms with Crippen LogP contribution in [0, 0.1) is 6.92 Å². The molecule has 0 saturated carbocycles. The average molecular weight is 387 g/mol. The molecule has 0 radical (unpaired) electrons. The smallest absolute Gasteiger partial charge is 0.265 e. The van der Waals surface area contributed by atoms with Gasteiger partial charge in [-0.3, -0.25) is 9.71 Å². The van der Waals surface area contributed by atoms with Crippen molar-refractivity contribution >= 4 is 49.0 Å². The summed E-state index contributed by atoms with van der Waals surface area (Å²) in [6.07, 6.45) is 2.93. The summed E-state index contributed by atoms with van der Waals surface area (Å²) in [6.45, 7) is 1.74. The Hall–Kier alpha value is -1.58. The van der Waals surface area contributed by atoms with Crippen LogP contribution in [0.15, 0.2) is 40.0 Å². The quantitative estimate of drug-likeness (QED) is 0.779. The van der Waals surface area contributed by atoms with Gasteiger partial charge in [0.2, 0.25) is 0 Å². The molecule has 2 rings (SSSR count). The van der Waals surface area contributed by atoms with Crippen LogP contribution in [0.4, 0.5) is 5.82 Å². The molecule has 0 spiro atoms. The Labute approximate surface area is 136 Å². The number of nitrogens with two attached hydrogens (primary N) is 1. The predicted molar refractivity (Wildman–Crippen MR) is 87.6 cm³/mol. The molecule has 0 aromatic carbocycles. The van der Waals surface area contributed by atoms with E-state index in [1.54, 1.807) is 13.0 Å². The van der Waals surface area contributed by atoms with E-state index >= 15 is 0 Å². The number of nitrogens with zero attached hydrogens (tertiary/aromatic N) is 2. The molecule has 0 unspecified atom stereocenters. The first-order chi connectivity index (χ1) is 9.81. The predicted octanol–water partition coefficient (Wildman–Crippen LogP) is 1.98. The van der Waals surface area contributed by atoms with Crippen LogP contribution in [0.25, 0.3) is 0 Å². The van der Waals surface area contributed by atoms with E-state index in [4.69, 9.17) is 18.0 Å². The summed E-state index contributed by atoms with van der Waals surface area (Å²) < 4.78 is 28.1. The maximum atomic E-state index is 12.4. The van der Waals surface area contributed by atoms with Crippen molar-refractivity contribution in [2.24, 2.45) is 5.73 Å². The molecule has 0 aliphatic carbocycles. The van der Waals surface area contributed by atoms with Crippen molar-refractivity contribution in [1.29, 1.82) is 0 Å². The number of hydrogen-bond donors (Lipinski definition) is 2. The number of sulfonamides is 1. The number of hydrogen-bond acceptors (Lipinski definition) is 5. The van der Waals surface area contributed by atoms with Gasteiger partial charge in [-0.25, -0.2) is 13.4 Å². The van der Waals surface area contributed by atoms with Crippen LogP contribution in [0.1, 0.15) is 11.3 Å². The molecule has 21 heavy (non-hydrogen) atoms. The molecule has 2 aromatic rings. The fourth-order valence-electron chi connectivity index (χ4n) is 1.62. The minimum absolute atomic E-state index is 0.0507. The van der Waals surface area contributed by atoms with Crippen molar-refractivity contribution in [2.75, 3.05) is 4.72 Å². The number of thiocarbonyl (C=S) groups is 1. The Morgan fingerprint density at radius 3 is 2.76 bits per heavy atom. The van der Waals surface area contributed by atoms with Crippen LogP contribution in [-0.4, -0.2) is 23.4 Å². The molecule has 6 nitrogen and oxygen atoms in total. The van der Waals surface area contributed by atoms with Gasteiger partial charge in [0, 0.05) is 16.9 Å². The third-order valence-electron chi connectivity index (χ3n) is 2.57. The summed E-state index contributed by atoms with van der Waals surface area (Å²) >= 11 is 8.10. The highest BCUT2D eigenvalue weighted by Crippen LogP contribution is 2.21. The molecule has 9 heteroatoms. The van der Waals surface area contributed by atoms with Gasteiger partial charge in [-0.2, -0.15) is 0 Å². The molecule has 110 valence electrons. The number of aromatic nitrogens is 2. The molecule has 2 aromatic heterocycles. The van der Waals surface area contributed by atoms with Crippen LogP contribution >= 0.6 is 28.1 Å². The van der Waals surface area contributed by atoms with E-state index in [0.29, 0.717) is 5.56 Å². The summed E-state index contributed by atoms with van der Waals surface area (Å²) in [4.78, 5) is 7.78. The van der Waals surface area contributed by atoms with Crippen molar-refractivity contribution in [3.8, 4) is 0 Å². The van der Waals surface area contributed by atoms with Crippen molar-refractivity contribution in [3.05, 3.63) is 46.3 Å². The van der Waals surface area contributed by atoms with Crippen molar-refractivity contribution in [3.63, 3.8) is 0 Å². The third-order valence-corrected chi connectivity index (χ3v) is 4.57.